The Morgan fingerprint density at radius 2 is 2.32 bits per heavy atom. The van der Waals surface area contributed by atoms with Gasteiger partial charge in [0.1, 0.15) is 5.82 Å². The largest absolute Gasteiger partial charge is 0.351 e. The van der Waals surface area contributed by atoms with Gasteiger partial charge < -0.3 is 15.1 Å². The van der Waals surface area contributed by atoms with Crippen LogP contribution in [-0.2, 0) is 6.54 Å². The van der Waals surface area contributed by atoms with E-state index in [1.807, 2.05) is 19.3 Å². The zero-order valence-electron chi connectivity index (χ0n) is 12.0. The Labute approximate surface area is 120 Å². The number of nitrogens with one attached hydrogen (secondary N) is 1. The minimum Gasteiger partial charge on any atom is -0.351 e. The van der Waals surface area contributed by atoms with Crippen molar-refractivity contribution in [1.29, 1.82) is 0 Å². The van der Waals surface area contributed by atoms with E-state index in [-0.39, 0.29) is 0 Å². The Kier molecular flexibility index (Phi) is 5.02. The number of anilines is 1. The second-order valence-electron chi connectivity index (χ2n) is 5.43. The molecule has 1 aromatic heterocycles. The highest BCUT2D eigenvalue weighted by Crippen LogP contribution is 2.30. The van der Waals surface area contributed by atoms with Crippen LogP contribution in [0.5, 0.6) is 0 Å². The normalized spacial score (nSPS) is 19.4. The molecule has 1 N–H and O–H groups in total. The Bertz CT molecular complexity index is 422. The maximum absolute atomic E-state index is 6.40. The SMILES string of the molecule is CNCc1cnc(N2CCCC2CN(C)C)c(Cl)c1. The van der Waals surface area contributed by atoms with Crippen LogP contribution in [-0.4, -0.2) is 50.2 Å². The van der Waals surface area contributed by atoms with E-state index in [0.717, 1.165) is 36.0 Å². The molecule has 0 aromatic carbocycles. The number of pyridine rings is 1. The molecule has 4 nitrogen and oxygen atoms in total. The number of halogens is 1. The van der Waals surface area contributed by atoms with E-state index in [1.165, 1.54) is 12.8 Å². The first-order chi connectivity index (χ1) is 9.11. The zero-order valence-corrected chi connectivity index (χ0v) is 12.7. The minimum atomic E-state index is 0.523. The fourth-order valence-corrected chi connectivity index (χ4v) is 3.01. The molecule has 1 saturated heterocycles. The number of rotatable bonds is 5. The maximum Gasteiger partial charge on any atom is 0.147 e. The van der Waals surface area contributed by atoms with Gasteiger partial charge in [-0.2, -0.15) is 0 Å². The van der Waals surface area contributed by atoms with Crippen LogP contribution in [0.25, 0.3) is 0 Å². The molecular formula is C14H23ClN4. The predicted octanol–water partition coefficient (Wildman–Crippen LogP) is 1.98. The van der Waals surface area contributed by atoms with Gasteiger partial charge in [-0.3, -0.25) is 0 Å². The van der Waals surface area contributed by atoms with Crippen molar-refractivity contribution in [3.05, 3.63) is 22.8 Å². The third-order valence-electron chi connectivity index (χ3n) is 3.48. The molecule has 1 aliphatic heterocycles. The van der Waals surface area contributed by atoms with Crippen molar-refractivity contribution in [1.82, 2.24) is 15.2 Å². The van der Waals surface area contributed by atoms with E-state index in [1.54, 1.807) is 0 Å². The fraction of sp³-hybridized carbons (Fsp3) is 0.643. The third kappa shape index (κ3) is 3.59. The lowest BCUT2D eigenvalue weighted by atomic mass is 10.2. The minimum absolute atomic E-state index is 0.523. The summed E-state index contributed by atoms with van der Waals surface area (Å²) < 4.78 is 0. The molecule has 5 heteroatoms. The van der Waals surface area contributed by atoms with Crippen molar-refractivity contribution in [2.24, 2.45) is 0 Å². The quantitative estimate of drug-likeness (QED) is 0.895. The van der Waals surface area contributed by atoms with Crippen molar-refractivity contribution in [3.8, 4) is 0 Å². The fourth-order valence-electron chi connectivity index (χ4n) is 2.71. The van der Waals surface area contributed by atoms with Crippen molar-refractivity contribution in [2.75, 3.05) is 39.1 Å². The van der Waals surface area contributed by atoms with Gasteiger partial charge in [0.25, 0.3) is 0 Å². The van der Waals surface area contributed by atoms with Crippen LogP contribution in [0.2, 0.25) is 5.02 Å². The molecule has 106 valence electrons. The summed E-state index contributed by atoms with van der Waals surface area (Å²) in [5.41, 5.74) is 1.12. The summed E-state index contributed by atoms with van der Waals surface area (Å²) in [7, 11) is 6.15. The average molecular weight is 283 g/mol. The first-order valence-corrected chi connectivity index (χ1v) is 7.20. The Balaban J connectivity index is 2.16. The van der Waals surface area contributed by atoms with E-state index in [2.05, 4.69) is 34.2 Å². The molecule has 19 heavy (non-hydrogen) atoms. The van der Waals surface area contributed by atoms with E-state index in [9.17, 15) is 0 Å². The highest BCUT2D eigenvalue weighted by atomic mass is 35.5. The molecule has 1 aliphatic rings. The van der Waals surface area contributed by atoms with Crippen LogP contribution in [0, 0.1) is 0 Å². The molecule has 0 aliphatic carbocycles. The van der Waals surface area contributed by atoms with Crippen LogP contribution >= 0.6 is 11.6 Å². The van der Waals surface area contributed by atoms with Gasteiger partial charge in [0, 0.05) is 31.9 Å². The van der Waals surface area contributed by atoms with Gasteiger partial charge in [-0.05, 0) is 45.6 Å². The smallest absolute Gasteiger partial charge is 0.147 e. The van der Waals surface area contributed by atoms with Gasteiger partial charge in [-0.15, -0.1) is 0 Å². The number of hydrogen-bond acceptors (Lipinski definition) is 4. The van der Waals surface area contributed by atoms with Crippen LogP contribution in [0.4, 0.5) is 5.82 Å². The Hall–Kier alpha value is -0.840. The summed E-state index contributed by atoms with van der Waals surface area (Å²) in [6.45, 7) is 2.90. The number of likely N-dealkylation sites (N-methyl/N-ethyl adjacent to an activating group) is 1. The van der Waals surface area contributed by atoms with E-state index in [0.29, 0.717) is 6.04 Å². The van der Waals surface area contributed by atoms with Crippen LogP contribution in [0.3, 0.4) is 0 Å². The first-order valence-electron chi connectivity index (χ1n) is 6.82. The molecule has 1 aromatic rings. The van der Waals surface area contributed by atoms with Crippen LogP contribution in [0.1, 0.15) is 18.4 Å². The molecule has 0 saturated carbocycles. The monoisotopic (exact) mass is 282 g/mol. The maximum atomic E-state index is 6.40. The second kappa shape index (κ2) is 6.55. The van der Waals surface area contributed by atoms with Gasteiger partial charge in [0.05, 0.1) is 5.02 Å². The summed E-state index contributed by atoms with van der Waals surface area (Å²) in [5, 5.41) is 3.88. The third-order valence-corrected chi connectivity index (χ3v) is 3.76. The molecule has 0 radical (unpaired) electrons. The number of aromatic nitrogens is 1. The molecular weight excluding hydrogens is 260 g/mol. The van der Waals surface area contributed by atoms with Crippen molar-refractivity contribution < 1.29 is 0 Å². The highest BCUT2D eigenvalue weighted by molar-refractivity contribution is 6.33. The zero-order chi connectivity index (χ0) is 13.8. The summed E-state index contributed by atoms with van der Waals surface area (Å²) in [4.78, 5) is 9.15. The Morgan fingerprint density at radius 3 is 2.95 bits per heavy atom. The van der Waals surface area contributed by atoms with Crippen molar-refractivity contribution in [3.63, 3.8) is 0 Å². The standard InChI is InChI=1S/C14H23ClN4/c1-16-8-11-7-13(15)14(17-9-11)19-6-4-5-12(19)10-18(2)3/h7,9,12,16H,4-6,8,10H2,1-3H3. The molecule has 1 atom stereocenters. The summed E-state index contributed by atoms with van der Waals surface area (Å²) in [5.74, 6) is 0.936. The number of hydrogen-bond donors (Lipinski definition) is 1. The van der Waals surface area contributed by atoms with Crippen LogP contribution < -0.4 is 10.2 Å². The molecule has 2 heterocycles. The van der Waals surface area contributed by atoms with Gasteiger partial charge >= 0.3 is 0 Å². The lowest BCUT2D eigenvalue weighted by Gasteiger charge is -2.28. The van der Waals surface area contributed by atoms with Crippen LogP contribution in [0.15, 0.2) is 12.3 Å². The second-order valence-corrected chi connectivity index (χ2v) is 5.84. The van der Waals surface area contributed by atoms with Gasteiger partial charge in [-0.1, -0.05) is 11.6 Å². The van der Waals surface area contributed by atoms with Gasteiger partial charge in [0.15, 0.2) is 0 Å². The van der Waals surface area contributed by atoms with E-state index < -0.39 is 0 Å². The highest BCUT2D eigenvalue weighted by Gasteiger charge is 2.27. The number of nitrogens with zero attached hydrogens (tertiary/aromatic N) is 3. The van der Waals surface area contributed by atoms with Crippen molar-refractivity contribution in [2.45, 2.75) is 25.4 Å². The molecule has 1 unspecified atom stereocenters. The average Bonchev–Trinajstić information content (AvgIpc) is 2.77. The molecule has 0 bridgehead atoms. The van der Waals surface area contributed by atoms with E-state index >= 15 is 0 Å². The summed E-state index contributed by atoms with van der Waals surface area (Å²) in [6, 6.07) is 2.54. The van der Waals surface area contributed by atoms with Gasteiger partial charge in [-0.25, -0.2) is 4.98 Å². The molecule has 1 fully saturated rings. The predicted molar refractivity (Wildman–Crippen MR) is 80.9 cm³/mol. The summed E-state index contributed by atoms with van der Waals surface area (Å²) >= 11 is 6.40. The van der Waals surface area contributed by atoms with E-state index in [4.69, 9.17) is 11.6 Å². The lowest BCUT2D eigenvalue weighted by molar-refractivity contribution is 0.371. The summed E-state index contributed by atoms with van der Waals surface area (Å²) in [6.07, 6.45) is 4.35. The Morgan fingerprint density at radius 1 is 1.53 bits per heavy atom. The van der Waals surface area contributed by atoms with Crippen molar-refractivity contribution >= 4 is 17.4 Å². The molecule has 2 rings (SSSR count). The molecule has 0 amide bonds. The first kappa shape index (κ1) is 14.6. The molecule has 0 spiro atoms. The lowest BCUT2D eigenvalue weighted by Crippen LogP contribution is -2.38. The topological polar surface area (TPSA) is 31.4 Å². The van der Waals surface area contributed by atoms with Gasteiger partial charge in [0.2, 0.25) is 0 Å².